The SMILES string of the molecule is COC(=O)CC[C@@H](C)[C@H]1CC[C@H]2C3CC(=O)[C@H]4C[C@H](O)CC[C@]4(C)[C@H]3CC[C@]12C. The molecular formula is C25H40O4. The van der Waals surface area contributed by atoms with Crippen LogP contribution in [0.15, 0.2) is 0 Å². The molecule has 0 aliphatic heterocycles. The Morgan fingerprint density at radius 3 is 2.55 bits per heavy atom. The van der Waals surface area contributed by atoms with E-state index >= 15 is 0 Å². The summed E-state index contributed by atoms with van der Waals surface area (Å²) >= 11 is 0. The molecule has 1 unspecified atom stereocenters. The Balaban J connectivity index is 1.52. The molecule has 0 aromatic rings. The number of esters is 1. The molecule has 0 aromatic carbocycles. The van der Waals surface area contributed by atoms with Gasteiger partial charge in [0, 0.05) is 18.8 Å². The average molecular weight is 405 g/mol. The third-order valence-corrected chi connectivity index (χ3v) is 10.2. The summed E-state index contributed by atoms with van der Waals surface area (Å²) in [5.74, 6) is 3.37. The van der Waals surface area contributed by atoms with Crippen molar-refractivity contribution in [2.45, 2.75) is 91.1 Å². The van der Waals surface area contributed by atoms with E-state index in [1.54, 1.807) is 0 Å². The quantitative estimate of drug-likeness (QED) is 0.685. The Hall–Kier alpha value is -0.900. The number of Topliss-reactive ketones (excluding diaryl/α,β-unsaturated/α-hetero) is 1. The number of carbonyl (C=O) groups excluding carboxylic acids is 2. The molecule has 0 amide bonds. The normalized spacial score (nSPS) is 47.7. The highest BCUT2D eigenvalue weighted by molar-refractivity contribution is 5.83. The summed E-state index contributed by atoms with van der Waals surface area (Å²) in [6.07, 6.45) is 9.39. The third-order valence-electron chi connectivity index (χ3n) is 10.2. The van der Waals surface area contributed by atoms with Gasteiger partial charge in [-0.15, -0.1) is 0 Å². The predicted molar refractivity (Wildman–Crippen MR) is 112 cm³/mol. The van der Waals surface area contributed by atoms with Crippen LogP contribution < -0.4 is 0 Å². The van der Waals surface area contributed by atoms with Gasteiger partial charge in [0.05, 0.1) is 13.2 Å². The van der Waals surface area contributed by atoms with E-state index in [2.05, 4.69) is 20.8 Å². The molecule has 4 saturated carbocycles. The highest BCUT2D eigenvalue weighted by Gasteiger charge is 2.62. The maximum atomic E-state index is 13.2. The van der Waals surface area contributed by atoms with Crippen LogP contribution >= 0.6 is 0 Å². The number of methoxy groups -OCH3 is 1. The molecule has 1 N–H and O–H groups in total. The summed E-state index contributed by atoms with van der Waals surface area (Å²) in [4.78, 5) is 24.8. The van der Waals surface area contributed by atoms with Gasteiger partial charge in [-0.3, -0.25) is 9.59 Å². The number of ether oxygens (including phenoxy) is 1. The van der Waals surface area contributed by atoms with E-state index in [9.17, 15) is 14.7 Å². The van der Waals surface area contributed by atoms with E-state index in [1.165, 1.54) is 32.8 Å². The van der Waals surface area contributed by atoms with Gasteiger partial charge in [0.25, 0.3) is 0 Å². The molecule has 0 radical (unpaired) electrons. The Kier molecular flexibility index (Phi) is 5.63. The zero-order valence-corrected chi connectivity index (χ0v) is 18.8. The average Bonchev–Trinajstić information content (AvgIpc) is 3.05. The first kappa shape index (κ1) is 21.3. The van der Waals surface area contributed by atoms with E-state index in [0.717, 1.165) is 25.7 Å². The number of aliphatic hydroxyl groups excluding tert-OH is 1. The molecule has 4 nitrogen and oxygen atoms in total. The molecule has 29 heavy (non-hydrogen) atoms. The van der Waals surface area contributed by atoms with E-state index in [1.807, 2.05) is 0 Å². The smallest absolute Gasteiger partial charge is 0.305 e. The first-order valence-electron chi connectivity index (χ1n) is 12.0. The Labute approximate surface area is 176 Å². The third kappa shape index (κ3) is 3.38. The molecule has 164 valence electrons. The van der Waals surface area contributed by atoms with Crippen LogP contribution in [0, 0.1) is 46.3 Å². The second-order valence-corrected chi connectivity index (χ2v) is 11.4. The lowest BCUT2D eigenvalue weighted by Crippen LogP contribution is -2.57. The fourth-order valence-corrected chi connectivity index (χ4v) is 8.64. The monoisotopic (exact) mass is 404 g/mol. The Morgan fingerprint density at radius 2 is 1.83 bits per heavy atom. The van der Waals surface area contributed by atoms with Gasteiger partial charge in [-0.2, -0.15) is 0 Å². The van der Waals surface area contributed by atoms with Gasteiger partial charge in [0.15, 0.2) is 0 Å². The molecule has 4 rings (SSSR count). The van der Waals surface area contributed by atoms with Crippen molar-refractivity contribution in [1.29, 1.82) is 0 Å². The van der Waals surface area contributed by atoms with Crippen molar-refractivity contribution in [3.8, 4) is 0 Å². The molecule has 0 spiro atoms. The summed E-state index contributed by atoms with van der Waals surface area (Å²) < 4.78 is 4.85. The standard InChI is InChI=1S/C25H40O4/c1-15(5-8-23(28)29-4)18-6-7-19-17-14-22(27)21-13-16(26)9-11-25(21,3)20(17)10-12-24(18,19)2/h15-21,26H,5-14H2,1-4H3/t15-,16-,17?,18-,19+,20+,21-,24-,25-/m1/s1. The van der Waals surface area contributed by atoms with E-state index < -0.39 is 0 Å². The number of fused-ring (bicyclic) bond motifs is 5. The van der Waals surface area contributed by atoms with Gasteiger partial charge < -0.3 is 9.84 Å². The minimum Gasteiger partial charge on any atom is -0.469 e. The zero-order valence-electron chi connectivity index (χ0n) is 18.8. The van der Waals surface area contributed by atoms with Gasteiger partial charge in [-0.25, -0.2) is 0 Å². The van der Waals surface area contributed by atoms with Crippen LogP contribution in [-0.4, -0.2) is 30.1 Å². The number of hydrogen-bond donors (Lipinski definition) is 1. The van der Waals surface area contributed by atoms with E-state index in [0.29, 0.717) is 53.6 Å². The topological polar surface area (TPSA) is 63.6 Å². The Bertz CT molecular complexity index is 659. The minimum absolute atomic E-state index is 0.0769. The van der Waals surface area contributed by atoms with Crippen LogP contribution in [0.25, 0.3) is 0 Å². The number of ketones is 1. The summed E-state index contributed by atoms with van der Waals surface area (Å²) in [6, 6.07) is 0. The number of hydrogen-bond acceptors (Lipinski definition) is 4. The predicted octanol–water partition coefficient (Wildman–Crippen LogP) is 4.77. The molecule has 4 aliphatic carbocycles. The largest absolute Gasteiger partial charge is 0.469 e. The van der Waals surface area contributed by atoms with Crippen LogP contribution in [0.3, 0.4) is 0 Å². The highest BCUT2D eigenvalue weighted by atomic mass is 16.5. The number of rotatable bonds is 4. The lowest BCUT2D eigenvalue weighted by molar-refractivity contribution is -0.160. The van der Waals surface area contributed by atoms with Crippen molar-refractivity contribution < 1.29 is 19.4 Å². The lowest BCUT2D eigenvalue weighted by atomic mass is 9.44. The fraction of sp³-hybridized carbons (Fsp3) is 0.920. The molecule has 4 fully saturated rings. The summed E-state index contributed by atoms with van der Waals surface area (Å²) in [5.41, 5.74) is 0.392. The van der Waals surface area contributed by atoms with Crippen LogP contribution in [0.4, 0.5) is 0 Å². The van der Waals surface area contributed by atoms with Gasteiger partial charge in [0.2, 0.25) is 0 Å². The Morgan fingerprint density at radius 1 is 1.14 bits per heavy atom. The second kappa shape index (κ2) is 7.66. The molecule has 4 aliphatic rings. The summed E-state index contributed by atoms with van der Waals surface area (Å²) in [6.45, 7) is 7.18. The van der Waals surface area contributed by atoms with Crippen LogP contribution in [-0.2, 0) is 14.3 Å². The molecule has 0 heterocycles. The van der Waals surface area contributed by atoms with Gasteiger partial charge in [-0.1, -0.05) is 20.8 Å². The zero-order chi connectivity index (χ0) is 21.0. The van der Waals surface area contributed by atoms with Gasteiger partial charge >= 0.3 is 5.97 Å². The maximum absolute atomic E-state index is 13.2. The number of carbonyl (C=O) groups is 2. The van der Waals surface area contributed by atoms with Crippen molar-refractivity contribution in [3.05, 3.63) is 0 Å². The molecule has 0 saturated heterocycles. The van der Waals surface area contributed by atoms with Crippen molar-refractivity contribution >= 4 is 11.8 Å². The van der Waals surface area contributed by atoms with Crippen molar-refractivity contribution in [2.75, 3.05) is 7.11 Å². The summed E-state index contributed by atoms with van der Waals surface area (Å²) in [5, 5.41) is 10.2. The molecule has 4 heteroatoms. The van der Waals surface area contributed by atoms with Crippen molar-refractivity contribution in [2.24, 2.45) is 46.3 Å². The molecule has 9 atom stereocenters. The maximum Gasteiger partial charge on any atom is 0.305 e. The first-order valence-corrected chi connectivity index (χ1v) is 12.0. The van der Waals surface area contributed by atoms with Crippen LogP contribution in [0.2, 0.25) is 0 Å². The molecule has 0 bridgehead atoms. The lowest BCUT2D eigenvalue weighted by Gasteiger charge is -2.60. The highest BCUT2D eigenvalue weighted by Crippen LogP contribution is 2.67. The number of aliphatic hydroxyl groups is 1. The van der Waals surface area contributed by atoms with Crippen molar-refractivity contribution in [3.63, 3.8) is 0 Å². The summed E-state index contributed by atoms with van der Waals surface area (Å²) in [7, 11) is 1.47. The van der Waals surface area contributed by atoms with Gasteiger partial charge in [0.1, 0.15) is 5.78 Å². The van der Waals surface area contributed by atoms with Crippen LogP contribution in [0.5, 0.6) is 0 Å². The minimum atomic E-state index is -0.283. The van der Waals surface area contributed by atoms with Gasteiger partial charge in [-0.05, 0) is 91.8 Å². The van der Waals surface area contributed by atoms with E-state index in [4.69, 9.17) is 4.74 Å². The first-order chi connectivity index (χ1) is 13.7. The fourth-order valence-electron chi connectivity index (χ4n) is 8.64. The van der Waals surface area contributed by atoms with Crippen molar-refractivity contribution in [1.82, 2.24) is 0 Å². The second-order valence-electron chi connectivity index (χ2n) is 11.4. The van der Waals surface area contributed by atoms with Crippen LogP contribution in [0.1, 0.15) is 85.0 Å². The molecular weight excluding hydrogens is 364 g/mol. The van der Waals surface area contributed by atoms with E-state index in [-0.39, 0.29) is 23.4 Å². The molecule has 0 aromatic heterocycles.